The third-order valence-corrected chi connectivity index (χ3v) is 2.16. The van der Waals surface area contributed by atoms with E-state index in [4.69, 9.17) is 0 Å². The zero-order chi connectivity index (χ0) is 13.2. The van der Waals surface area contributed by atoms with Crippen molar-refractivity contribution in [1.82, 2.24) is 4.98 Å². The number of pyridine rings is 1. The van der Waals surface area contributed by atoms with Gasteiger partial charge in [-0.1, -0.05) is 15.9 Å². The normalized spacial score (nSPS) is 11.9. The zero-order valence-corrected chi connectivity index (χ0v) is 9.52. The van der Waals surface area contributed by atoms with Crippen molar-refractivity contribution in [3.8, 4) is 11.5 Å². The number of aromatic hydroxyl groups is 1. The van der Waals surface area contributed by atoms with E-state index in [9.17, 15) is 27.1 Å². The van der Waals surface area contributed by atoms with Gasteiger partial charge < -0.3 is 9.84 Å². The number of nitrogens with zero attached hydrogens (tertiary/aromatic N) is 1. The summed E-state index contributed by atoms with van der Waals surface area (Å²) in [5.74, 6) is -1.87. The Morgan fingerprint density at radius 2 is 2.00 bits per heavy atom. The zero-order valence-electron chi connectivity index (χ0n) is 7.93. The maximum absolute atomic E-state index is 12.4. The highest BCUT2D eigenvalue weighted by molar-refractivity contribution is 9.08. The van der Waals surface area contributed by atoms with Gasteiger partial charge in [0.15, 0.2) is 5.75 Å². The van der Waals surface area contributed by atoms with Crippen molar-refractivity contribution < 1.29 is 31.8 Å². The fraction of sp³-hybridized carbons (Fsp3) is 0.375. The first-order valence-corrected chi connectivity index (χ1v) is 5.19. The number of alkyl halides is 6. The Morgan fingerprint density at radius 3 is 2.41 bits per heavy atom. The molecule has 17 heavy (non-hydrogen) atoms. The fourth-order valence-electron chi connectivity index (χ4n) is 1.00. The van der Waals surface area contributed by atoms with Crippen LogP contribution in [0.1, 0.15) is 17.8 Å². The van der Waals surface area contributed by atoms with Crippen molar-refractivity contribution >= 4 is 15.9 Å². The second kappa shape index (κ2) is 5.03. The number of hydrogen-bond acceptors (Lipinski definition) is 3. The molecule has 0 fully saturated rings. The van der Waals surface area contributed by atoms with Crippen LogP contribution in [0, 0.1) is 0 Å². The van der Waals surface area contributed by atoms with Gasteiger partial charge in [0.25, 0.3) is 6.43 Å². The van der Waals surface area contributed by atoms with Gasteiger partial charge in [-0.3, -0.25) is 0 Å². The molecule has 9 heteroatoms. The van der Waals surface area contributed by atoms with E-state index in [0.717, 1.165) is 0 Å². The average molecular weight is 322 g/mol. The quantitative estimate of drug-likeness (QED) is 0.684. The van der Waals surface area contributed by atoms with Crippen LogP contribution < -0.4 is 4.74 Å². The van der Waals surface area contributed by atoms with Crippen LogP contribution in [0.25, 0.3) is 0 Å². The summed E-state index contributed by atoms with van der Waals surface area (Å²) >= 11 is 2.85. The molecule has 3 nitrogen and oxygen atoms in total. The highest BCUT2D eigenvalue weighted by atomic mass is 79.9. The second-order valence-electron chi connectivity index (χ2n) is 2.82. The Balaban J connectivity index is 3.23. The molecule has 0 unspecified atom stereocenters. The Kier molecular flexibility index (Phi) is 4.12. The number of hydrogen-bond donors (Lipinski definition) is 1. The van der Waals surface area contributed by atoms with E-state index in [2.05, 4.69) is 25.7 Å². The molecule has 96 valence electrons. The van der Waals surface area contributed by atoms with Crippen LogP contribution in [0.2, 0.25) is 0 Å². The summed E-state index contributed by atoms with van der Waals surface area (Å²) < 4.78 is 64.0. The van der Waals surface area contributed by atoms with Gasteiger partial charge in [0.05, 0.1) is 5.69 Å². The Hall–Kier alpha value is -1.12. The van der Waals surface area contributed by atoms with Crippen molar-refractivity contribution in [2.45, 2.75) is 18.1 Å². The maximum Gasteiger partial charge on any atom is 0.573 e. The molecular weight excluding hydrogens is 317 g/mol. The third-order valence-electron chi connectivity index (χ3n) is 1.63. The second-order valence-corrected chi connectivity index (χ2v) is 3.38. The molecular formula is C8H5BrF5NO2. The lowest BCUT2D eigenvalue weighted by atomic mass is 10.2. The summed E-state index contributed by atoms with van der Waals surface area (Å²) in [6.07, 6.45) is -8.38. The molecule has 0 bridgehead atoms. The van der Waals surface area contributed by atoms with E-state index in [-0.39, 0.29) is 11.0 Å². The molecule has 1 N–H and O–H groups in total. The van der Waals surface area contributed by atoms with E-state index < -0.39 is 30.0 Å². The Bertz CT molecular complexity index is 410. The summed E-state index contributed by atoms with van der Waals surface area (Å²) in [5, 5.41) is 9.13. The number of aromatic nitrogens is 1. The Morgan fingerprint density at radius 1 is 1.41 bits per heavy atom. The van der Waals surface area contributed by atoms with Gasteiger partial charge in [-0.2, -0.15) is 0 Å². The summed E-state index contributed by atoms with van der Waals surface area (Å²) in [7, 11) is 0. The van der Waals surface area contributed by atoms with Gasteiger partial charge in [-0.25, -0.2) is 13.8 Å². The number of ether oxygens (including phenoxy) is 1. The molecule has 0 aromatic carbocycles. The van der Waals surface area contributed by atoms with Crippen LogP contribution in [-0.4, -0.2) is 16.5 Å². The molecule has 1 aromatic rings. The van der Waals surface area contributed by atoms with Crippen LogP contribution in [0.5, 0.6) is 11.5 Å². The van der Waals surface area contributed by atoms with Crippen LogP contribution in [-0.2, 0) is 5.33 Å². The van der Waals surface area contributed by atoms with Crippen LogP contribution in [0.4, 0.5) is 22.0 Å². The van der Waals surface area contributed by atoms with Gasteiger partial charge >= 0.3 is 6.36 Å². The molecule has 0 saturated heterocycles. The molecule has 0 amide bonds. The van der Waals surface area contributed by atoms with Gasteiger partial charge in [0.1, 0.15) is 11.4 Å². The lowest BCUT2D eigenvalue weighted by molar-refractivity contribution is -0.275. The minimum Gasteiger partial charge on any atom is -0.506 e. The first-order valence-electron chi connectivity index (χ1n) is 4.07. The monoisotopic (exact) mass is 321 g/mol. The number of rotatable bonds is 3. The topological polar surface area (TPSA) is 42.4 Å². The predicted octanol–water partition coefficient (Wildman–Crippen LogP) is 3.52. The average Bonchev–Trinajstić information content (AvgIpc) is 2.14. The predicted molar refractivity (Wildman–Crippen MR) is 50.2 cm³/mol. The summed E-state index contributed by atoms with van der Waals surface area (Å²) in [4.78, 5) is 3.20. The SMILES string of the molecule is Oc1cc(OC(F)(F)F)c(C(F)F)nc1CBr. The molecule has 1 aromatic heterocycles. The van der Waals surface area contributed by atoms with Crippen LogP contribution in [0.15, 0.2) is 6.07 Å². The summed E-state index contributed by atoms with van der Waals surface area (Å²) in [5.41, 5.74) is -1.37. The summed E-state index contributed by atoms with van der Waals surface area (Å²) in [6, 6.07) is 0.457. The molecule has 0 radical (unpaired) electrons. The van der Waals surface area contributed by atoms with E-state index in [1.165, 1.54) is 0 Å². The van der Waals surface area contributed by atoms with Gasteiger partial charge in [0.2, 0.25) is 0 Å². The van der Waals surface area contributed by atoms with Crippen molar-refractivity contribution in [3.05, 3.63) is 17.5 Å². The van der Waals surface area contributed by atoms with Crippen molar-refractivity contribution in [3.63, 3.8) is 0 Å². The van der Waals surface area contributed by atoms with Crippen molar-refractivity contribution in [1.29, 1.82) is 0 Å². The molecule has 0 aliphatic heterocycles. The first-order chi connectivity index (χ1) is 7.74. The lowest BCUT2D eigenvalue weighted by Gasteiger charge is -2.13. The van der Waals surface area contributed by atoms with E-state index >= 15 is 0 Å². The molecule has 0 saturated carbocycles. The molecule has 1 rings (SSSR count). The van der Waals surface area contributed by atoms with Crippen molar-refractivity contribution in [2.24, 2.45) is 0 Å². The molecule has 0 aliphatic carbocycles. The Labute approximate surface area is 100 Å². The molecule has 0 spiro atoms. The largest absolute Gasteiger partial charge is 0.573 e. The number of halogens is 6. The smallest absolute Gasteiger partial charge is 0.506 e. The fourth-order valence-corrected chi connectivity index (χ4v) is 1.41. The van der Waals surface area contributed by atoms with E-state index in [1.807, 2.05) is 0 Å². The van der Waals surface area contributed by atoms with Crippen LogP contribution >= 0.6 is 15.9 Å². The highest BCUT2D eigenvalue weighted by Gasteiger charge is 2.34. The van der Waals surface area contributed by atoms with Crippen molar-refractivity contribution in [2.75, 3.05) is 0 Å². The van der Waals surface area contributed by atoms with Gasteiger partial charge in [-0.05, 0) is 0 Å². The highest BCUT2D eigenvalue weighted by Crippen LogP contribution is 2.35. The van der Waals surface area contributed by atoms with E-state index in [0.29, 0.717) is 6.07 Å². The molecule has 0 aliphatic rings. The lowest BCUT2D eigenvalue weighted by Crippen LogP contribution is -2.19. The van der Waals surface area contributed by atoms with Gasteiger partial charge in [0, 0.05) is 11.4 Å². The van der Waals surface area contributed by atoms with Gasteiger partial charge in [-0.15, -0.1) is 13.2 Å². The third kappa shape index (κ3) is 3.69. The molecule has 0 atom stereocenters. The standard InChI is InChI=1S/C8H5BrF5NO2/c9-2-3-4(16)1-5(17-8(12,13)14)6(15-3)7(10)11/h1,7,16H,2H2. The van der Waals surface area contributed by atoms with Crippen LogP contribution in [0.3, 0.4) is 0 Å². The first kappa shape index (κ1) is 13.9. The van der Waals surface area contributed by atoms with E-state index in [1.54, 1.807) is 0 Å². The maximum atomic E-state index is 12.4. The minimum atomic E-state index is -5.13. The summed E-state index contributed by atoms with van der Waals surface area (Å²) in [6.45, 7) is 0. The minimum absolute atomic E-state index is 0.0785. The molecule has 1 heterocycles.